The highest BCUT2D eigenvalue weighted by atomic mass is 35.5. The SMILES string of the molecule is COc1ccc(C(=O)Cl)cc1C12CC3CC(CC(C3)C1C13CC4CC(CC(C4)C1)C3)C2. The lowest BCUT2D eigenvalue weighted by molar-refractivity contribution is -0.179. The third kappa shape index (κ3) is 2.66. The lowest BCUT2D eigenvalue weighted by Gasteiger charge is -2.70. The van der Waals surface area contributed by atoms with Crippen molar-refractivity contribution in [1.82, 2.24) is 0 Å². The molecule has 1 aromatic carbocycles. The van der Waals surface area contributed by atoms with E-state index in [1.807, 2.05) is 12.1 Å². The van der Waals surface area contributed by atoms with E-state index in [1.54, 1.807) is 7.11 Å². The minimum atomic E-state index is -0.333. The lowest BCUT2D eigenvalue weighted by Crippen LogP contribution is -2.63. The van der Waals surface area contributed by atoms with Crippen molar-refractivity contribution >= 4 is 16.8 Å². The molecule has 166 valence electrons. The Labute approximate surface area is 191 Å². The van der Waals surface area contributed by atoms with Gasteiger partial charge in [-0.3, -0.25) is 4.79 Å². The maximum atomic E-state index is 12.2. The molecular formula is C28H35ClO2. The second-order valence-electron chi connectivity index (χ2n) is 12.7. The molecule has 3 unspecified atom stereocenters. The number of ether oxygens (including phenoxy) is 1. The van der Waals surface area contributed by atoms with Crippen LogP contribution in [-0.2, 0) is 5.41 Å². The van der Waals surface area contributed by atoms with Crippen LogP contribution in [0.15, 0.2) is 18.2 Å². The Bertz CT molecular complexity index is 886. The highest BCUT2D eigenvalue weighted by Gasteiger charge is 2.66. The van der Waals surface area contributed by atoms with Crippen LogP contribution >= 0.6 is 11.6 Å². The van der Waals surface area contributed by atoms with Crippen LogP contribution in [0.2, 0.25) is 0 Å². The summed E-state index contributed by atoms with van der Waals surface area (Å²) in [6.07, 6.45) is 15.9. The fourth-order valence-electron chi connectivity index (χ4n) is 11.3. The van der Waals surface area contributed by atoms with Gasteiger partial charge in [-0.25, -0.2) is 0 Å². The molecule has 8 fully saturated rings. The molecule has 1 aromatic rings. The van der Waals surface area contributed by atoms with Crippen LogP contribution in [0.5, 0.6) is 5.75 Å². The average Bonchev–Trinajstić information content (AvgIpc) is 2.71. The molecule has 0 amide bonds. The third-order valence-electron chi connectivity index (χ3n) is 11.0. The van der Waals surface area contributed by atoms with E-state index in [2.05, 4.69) is 6.07 Å². The normalized spacial score (nSPS) is 48.9. The molecule has 0 heterocycles. The van der Waals surface area contributed by atoms with Crippen LogP contribution in [0.25, 0.3) is 0 Å². The second kappa shape index (κ2) is 6.52. The van der Waals surface area contributed by atoms with Crippen LogP contribution < -0.4 is 4.74 Å². The number of carbonyl (C=O) groups excluding carboxylic acids is 1. The first-order chi connectivity index (χ1) is 15.0. The number of methoxy groups -OCH3 is 1. The van der Waals surface area contributed by atoms with Crippen molar-refractivity contribution in [2.45, 2.75) is 76.0 Å². The predicted molar refractivity (Wildman–Crippen MR) is 123 cm³/mol. The monoisotopic (exact) mass is 438 g/mol. The third-order valence-corrected chi connectivity index (χ3v) is 11.2. The molecule has 0 radical (unpaired) electrons. The van der Waals surface area contributed by atoms with Gasteiger partial charge in [0.05, 0.1) is 7.11 Å². The molecule has 0 aromatic heterocycles. The van der Waals surface area contributed by atoms with E-state index in [4.69, 9.17) is 16.3 Å². The summed E-state index contributed by atoms with van der Waals surface area (Å²) in [6.45, 7) is 0. The first-order valence-corrected chi connectivity index (χ1v) is 13.2. The predicted octanol–water partition coefficient (Wildman–Crippen LogP) is 6.98. The van der Waals surface area contributed by atoms with E-state index >= 15 is 0 Å². The van der Waals surface area contributed by atoms with Gasteiger partial charge in [-0.15, -0.1) is 0 Å². The average molecular weight is 439 g/mol. The summed E-state index contributed by atoms with van der Waals surface area (Å²) in [5.41, 5.74) is 2.71. The molecule has 0 spiro atoms. The van der Waals surface area contributed by atoms with E-state index < -0.39 is 0 Å². The van der Waals surface area contributed by atoms with Gasteiger partial charge in [-0.05, 0) is 147 Å². The standard InChI is InChI=1S/C28H35ClO2/c1-31-24-3-2-21(26(29)30)10-23(24)28-14-19-7-20(15-28)9-22(8-19)25(28)27-11-16-4-17(12-27)6-18(5-16)13-27/h2-3,10,16-20,22,25H,4-9,11-15H2,1H3. The fraction of sp³-hybridized carbons (Fsp3) is 0.750. The Kier molecular flexibility index (Phi) is 4.09. The van der Waals surface area contributed by atoms with Crippen LogP contribution in [0.4, 0.5) is 0 Å². The molecule has 8 bridgehead atoms. The minimum Gasteiger partial charge on any atom is -0.496 e. The van der Waals surface area contributed by atoms with Crippen LogP contribution in [-0.4, -0.2) is 12.4 Å². The quantitative estimate of drug-likeness (QED) is 0.473. The lowest BCUT2D eigenvalue weighted by atomic mass is 9.34. The van der Waals surface area contributed by atoms with Crippen LogP contribution in [0, 0.1) is 46.8 Å². The fourth-order valence-corrected chi connectivity index (χ4v) is 11.4. The van der Waals surface area contributed by atoms with Crippen molar-refractivity contribution in [3.05, 3.63) is 29.3 Å². The second-order valence-corrected chi connectivity index (χ2v) is 13.1. The molecule has 0 aliphatic heterocycles. The zero-order valence-electron chi connectivity index (χ0n) is 18.7. The van der Waals surface area contributed by atoms with Crippen molar-refractivity contribution in [2.24, 2.45) is 46.8 Å². The van der Waals surface area contributed by atoms with E-state index in [0.717, 1.165) is 47.2 Å². The largest absolute Gasteiger partial charge is 0.496 e. The summed E-state index contributed by atoms with van der Waals surface area (Å²) < 4.78 is 5.98. The molecule has 8 aliphatic rings. The van der Waals surface area contributed by atoms with Gasteiger partial charge in [0, 0.05) is 16.5 Å². The van der Waals surface area contributed by atoms with Crippen molar-refractivity contribution in [1.29, 1.82) is 0 Å². The van der Waals surface area contributed by atoms with Crippen molar-refractivity contribution < 1.29 is 9.53 Å². The topological polar surface area (TPSA) is 26.3 Å². The Morgan fingerprint density at radius 3 is 1.94 bits per heavy atom. The Morgan fingerprint density at radius 1 is 0.871 bits per heavy atom. The van der Waals surface area contributed by atoms with Crippen LogP contribution in [0.1, 0.15) is 86.6 Å². The van der Waals surface area contributed by atoms with Gasteiger partial charge in [0.1, 0.15) is 5.75 Å². The molecule has 31 heavy (non-hydrogen) atoms. The van der Waals surface area contributed by atoms with Gasteiger partial charge in [-0.2, -0.15) is 0 Å². The number of benzene rings is 1. The Morgan fingerprint density at radius 2 is 1.42 bits per heavy atom. The van der Waals surface area contributed by atoms with Gasteiger partial charge in [0.2, 0.25) is 0 Å². The number of hydrogen-bond acceptors (Lipinski definition) is 2. The number of hydrogen-bond donors (Lipinski definition) is 0. The Hall–Kier alpha value is -1.02. The van der Waals surface area contributed by atoms with E-state index in [-0.39, 0.29) is 10.7 Å². The number of halogens is 1. The zero-order chi connectivity index (χ0) is 21.0. The summed E-state index contributed by atoms with van der Waals surface area (Å²) in [5, 5.41) is -0.333. The molecule has 0 saturated heterocycles. The maximum absolute atomic E-state index is 12.2. The molecule has 8 saturated carbocycles. The first kappa shape index (κ1) is 19.4. The van der Waals surface area contributed by atoms with Gasteiger partial charge < -0.3 is 4.74 Å². The van der Waals surface area contributed by atoms with E-state index in [0.29, 0.717) is 11.0 Å². The summed E-state index contributed by atoms with van der Waals surface area (Å²) >= 11 is 5.99. The van der Waals surface area contributed by atoms with Gasteiger partial charge in [-0.1, -0.05) is 0 Å². The van der Waals surface area contributed by atoms with Gasteiger partial charge in [0.25, 0.3) is 5.24 Å². The molecule has 2 nitrogen and oxygen atoms in total. The number of carbonyl (C=O) groups is 1. The molecule has 3 atom stereocenters. The summed E-state index contributed by atoms with van der Waals surface area (Å²) in [4.78, 5) is 12.2. The van der Waals surface area contributed by atoms with Crippen LogP contribution in [0.3, 0.4) is 0 Å². The first-order valence-electron chi connectivity index (χ1n) is 12.9. The molecule has 0 N–H and O–H groups in total. The minimum absolute atomic E-state index is 0.189. The van der Waals surface area contributed by atoms with E-state index in [9.17, 15) is 4.79 Å². The summed E-state index contributed by atoms with van der Waals surface area (Å²) in [5.74, 6) is 7.33. The van der Waals surface area contributed by atoms with Crippen molar-refractivity contribution in [3.8, 4) is 5.75 Å². The molecule has 9 rings (SSSR count). The Balaban J connectivity index is 1.41. The molecule has 8 aliphatic carbocycles. The highest BCUT2D eigenvalue weighted by Crippen LogP contribution is 2.74. The zero-order valence-corrected chi connectivity index (χ0v) is 19.5. The number of rotatable bonds is 4. The van der Waals surface area contributed by atoms with Gasteiger partial charge in [0.15, 0.2) is 0 Å². The summed E-state index contributed by atoms with van der Waals surface area (Å²) in [6, 6.07) is 6.03. The van der Waals surface area contributed by atoms with Crippen molar-refractivity contribution in [3.63, 3.8) is 0 Å². The smallest absolute Gasteiger partial charge is 0.252 e. The molecular weight excluding hydrogens is 404 g/mol. The maximum Gasteiger partial charge on any atom is 0.252 e. The molecule has 3 heteroatoms. The van der Waals surface area contributed by atoms with Gasteiger partial charge >= 0.3 is 0 Å². The van der Waals surface area contributed by atoms with Crippen molar-refractivity contribution in [2.75, 3.05) is 7.11 Å². The summed E-state index contributed by atoms with van der Waals surface area (Å²) in [7, 11) is 1.81. The van der Waals surface area contributed by atoms with E-state index in [1.165, 1.54) is 76.2 Å². The highest BCUT2D eigenvalue weighted by molar-refractivity contribution is 6.67.